The number of carbonyl (C=O) groups is 1. The van der Waals surface area contributed by atoms with E-state index in [0.717, 1.165) is 22.3 Å². The fourth-order valence-electron chi connectivity index (χ4n) is 3.00. The third-order valence-electron chi connectivity index (χ3n) is 4.59. The Morgan fingerprint density at radius 2 is 1.79 bits per heavy atom. The zero-order chi connectivity index (χ0) is 20.3. The normalized spacial score (nSPS) is 11.5. The van der Waals surface area contributed by atoms with E-state index in [1.807, 2.05) is 50.2 Å². The molecular weight excluding hydrogens is 388 g/mol. The summed E-state index contributed by atoms with van der Waals surface area (Å²) in [6.07, 6.45) is 0. The minimum atomic E-state index is -0.477. The van der Waals surface area contributed by atoms with Crippen LogP contribution in [0.3, 0.4) is 0 Å². The van der Waals surface area contributed by atoms with E-state index in [9.17, 15) is 10.1 Å². The van der Waals surface area contributed by atoms with E-state index < -0.39 is 5.92 Å². The molecule has 0 saturated heterocycles. The number of nitrogens with one attached hydrogen (secondary N) is 1. The molecule has 0 bridgehead atoms. The number of nitriles is 1. The van der Waals surface area contributed by atoms with Gasteiger partial charge in [0.1, 0.15) is 0 Å². The van der Waals surface area contributed by atoms with Crippen molar-refractivity contribution >= 4 is 35.8 Å². The molecule has 0 aromatic heterocycles. The van der Waals surface area contributed by atoms with Gasteiger partial charge in [0.2, 0.25) is 0 Å². The average molecular weight is 407 g/mol. The van der Waals surface area contributed by atoms with Crippen molar-refractivity contribution in [3.63, 3.8) is 0 Å². The number of carbonyl (C=O) groups excluding carboxylic acids is 1. The first-order chi connectivity index (χ1) is 13.4. The number of nitrogens with zero attached hydrogens (tertiary/aromatic N) is 1. The van der Waals surface area contributed by atoms with Crippen LogP contribution in [0.5, 0.6) is 0 Å². The number of thiol groups is 1. The molecule has 1 N–H and O–H groups in total. The molecule has 3 aromatic rings. The third kappa shape index (κ3) is 4.22. The smallest absolute Gasteiger partial charge is 0.256 e. The molecule has 0 radical (unpaired) electrons. The van der Waals surface area contributed by atoms with Crippen LogP contribution in [0.15, 0.2) is 65.6 Å². The van der Waals surface area contributed by atoms with Gasteiger partial charge in [-0.25, -0.2) is 0 Å². The predicted octanol–water partition coefficient (Wildman–Crippen LogP) is 6.15. The molecule has 0 aliphatic carbocycles. The Kier molecular flexibility index (Phi) is 6.08. The van der Waals surface area contributed by atoms with E-state index in [4.69, 9.17) is 11.6 Å². The van der Waals surface area contributed by atoms with Crippen LogP contribution in [-0.4, -0.2) is 5.91 Å². The van der Waals surface area contributed by atoms with Crippen molar-refractivity contribution in [2.75, 3.05) is 5.32 Å². The standard InChI is InChI=1S/C23H19ClN2OS/c1-14-7-9-16(10-8-14)19(13-25)18-11-15(2)21(12-20(18)24)26-23(27)17-5-3-4-6-22(17)28/h3-12,19,28H,1-2H3,(H,26,27). The largest absolute Gasteiger partial charge is 0.322 e. The summed E-state index contributed by atoms with van der Waals surface area (Å²) in [7, 11) is 0. The molecule has 3 aromatic carbocycles. The fourth-order valence-corrected chi connectivity index (χ4v) is 3.53. The molecule has 28 heavy (non-hydrogen) atoms. The number of amides is 1. The Labute approximate surface area is 175 Å². The lowest BCUT2D eigenvalue weighted by Gasteiger charge is -2.16. The van der Waals surface area contributed by atoms with Gasteiger partial charge in [-0.2, -0.15) is 5.26 Å². The number of hydrogen-bond donors (Lipinski definition) is 2. The Morgan fingerprint density at radius 3 is 2.43 bits per heavy atom. The van der Waals surface area contributed by atoms with E-state index >= 15 is 0 Å². The monoisotopic (exact) mass is 406 g/mol. The van der Waals surface area contributed by atoms with Crippen LogP contribution in [0.25, 0.3) is 0 Å². The summed E-state index contributed by atoms with van der Waals surface area (Å²) in [5.74, 6) is -0.734. The van der Waals surface area contributed by atoms with Gasteiger partial charge in [0.05, 0.1) is 17.6 Å². The summed E-state index contributed by atoms with van der Waals surface area (Å²) in [6.45, 7) is 3.88. The van der Waals surface area contributed by atoms with Gasteiger partial charge in [-0.3, -0.25) is 4.79 Å². The van der Waals surface area contributed by atoms with Crippen LogP contribution >= 0.6 is 24.2 Å². The number of rotatable bonds is 4. The van der Waals surface area contributed by atoms with Crippen molar-refractivity contribution in [1.29, 1.82) is 5.26 Å². The molecule has 5 heteroatoms. The Balaban J connectivity index is 1.92. The minimum absolute atomic E-state index is 0.257. The Hall–Kier alpha value is -2.74. The number of halogens is 1. The third-order valence-corrected chi connectivity index (χ3v) is 5.31. The first-order valence-corrected chi connectivity index (χ1v) is 9.58. The van der Waals surface area contributed by atoms with Gasteiger partial charge in [-0.15, -0.1) is 12.6 Å². The first-order valence-electron chi connectivity index (χ1n) is 8.76. The maximum atomic E-state index is 12.6. The predicted molar refractivity (Wildman–Crippen MR) is 116 cm³/mol. The molecule has 0 aliphatic heterocycles. The summed E-state index contributed by atoms with van der Waals surface area (Å²) in [4.78, 5) is 13.2. The minimum Gasteiger partial charge on any atom is -0.322 e. The van der Waals surface area contributed by atoms with E-state index in [0.29, 0.717) is 21.2 Å². The van der Waals surface area contributed by atoms with Gasteiger partial charge in [0.25, 0.3) is 5.91 Å². The highest BCUT2D eigenvalue weighted by Gasteiger charge is 2.19. The van der Waals surface area contributed by atoms with Crippen molar-refractivity contribution in [2.45, 2.75) is 24.7 Å². The number of benzene rings is 3. The lowest BCUT2D eigenvalue weighted by atomic mass is 9.90. The van der Waals surface area contributed by atoms with E-state index in [-0.39, 0.29) is 5.91 Å². The molecule has 140 valence electrons. The summed E-state index contributed by atoms with van der Waals surface area (Å²) in [5.41, 5.74) is 4.66. The van der Waals surface area contributed by atoms with Gasteiger partial charge in [0, 0.05) is 15.6 Å². The highest BCUT2D eigenvalue weighted by molar-refractivity contribution is 7.80. The van der Waals surface area contributed by atoms with Crippen molar-refractivity contribution < 1.29 is 4.79 Å². The van der Waals surface area contributed by atoms with E-state index in [1.165, 1.54) is 0 Å². The Morgan fingerprint density at radius 1 is 1.11 bits per heavy atom. The van der Waals surface area contributed by atoms with E-state index in [1.54, 1.807) is 24.3 Å². The quantitative estimate of drug-likeness (QED) is 0.510. The van der Waals surface area contributed by atoms with E-state index in [2.05, 4.69) is 24.0 Å². The van der Waals surface area contributed by atoms with Crippen molar-refractivity contribution in [1.82, 2.24) is 0 Å². The fraction of sp³-hybridized carbons (Fsp3) is 0.130. The van der Waals surface area contributed by atoms with Gasteiger partial charge in [0.15, 0.2) is 0 Å². The van der Waals surface area contributed by atoms with Crippen LogP contribution in [0.2, 0.25) is 5.02 Å². The number of anilines is 1. The van der Waals surface area contributed by atoms with Gasteiger partial charge < -0.3 is 5.32 Å². The topological polar surface area (TPSA) is 52.9 Å². The maximum absolute atomic E-state index is 12.6. The molecular formula is C23H19ClN2OS. The molecule has 0 spiro atoms. The molecule has 1 atom stereocenters. The maximum Gasteiger partial charge on any atom is 0.256 e. The van der Waals surface area contributed by atoms with Crippen LogP contribution < -0.4 is 5.32 Å². The van der Waals surface area contributed by atoms with Crippen molar-refractivity contribution in [2.24, 2.45) is 0 Å². The second-order valence-electron chi connectivity index (χ2n) is 6.63. The molecule has 3 rings (SSSR count). The van der Waals surface area contributed by atoms with Crippen LogP contribution in [0.4, 0.5) is 5.69 Å². The van der Waals surface area contributed by atoms with Crippen molar-refractivity contribution in [3.8, 4) is 6.07 Å². The molecule has 1 unspecified atom stereocenters. The molecule has 0 heterocycles. The summed E-state index contributed by atoms with van der Waals surface area (Å²) >= 11 is 10.8. The number of hydrogen-bond acceptors (Lipinski definition) is 3. The molecule has 1 amide bonds. The average Bonchev–Trinajstić information content (AvgIpc) is 2.67. The zero-order valence-corrected chi connectivity index (χ0v) is 17.2. The van der Waals surface area contributed by atoms with Gasteiger partial charge >= 0.3 is 0 Å². The van der Waals surface area contributed by atoms with Gasteiger partial charge in [-0.1, -0.05) is 59.6 Å². The highest BCUT2D eigenvalue weighted by atomic mass is 35.5. The van der Waals surface area contributed by atoms with Crippen molar-refractivity contribution in [3.05, 3.63) is 93.5 Å². The summed E-state index contributed by atoms with van der Waals surface area (Å²) in [6, 6.07) is 20.8. The lowest BCUT2D eigenvalue weighted by molar-refractivity contribution is 0.102. The second kappa shape index (κ2) is 8.52. The molecule has 0 saturated carbocycles. The molecule has 0 aliphatic rings. The lowest BCUT2D eigenvalue weighted by Crippen LogP contribution is -2.14. The zero-order valence-electron chi connectivity index (χ0n) is 15.5. The number of aryl methyl sites for hydroxylation is 2. The van der Waals surface area contributed by atoms with Crippen LogP contribution in [0.1, 0.15) is 38.5 Å². The summed E-state index contributed by atoms with van der Waals surface area (Å²) in [5, 5.41) is 13.0. The SMILES string of the molecule is Cc1ccc(C(C#N)c2cc(C)c(NC(=O)c3ccccc3S)cc2Cl)cc1. The second-order valence-corrected chi connectivity index (χ2v) is 7.52. The van der Waals surface area contributed by atoms with Gasteiger partial charge in [-0.05, 0) is 48.7 Å². The molecule has 0 fully saturated rings. The summed E-state index contributed by atoms with van der Waals surface area (Å²) < 4.78 is 0. The Bertz CT molecular complexity index is 1070. The molecule has 3 nitrogen and oxygen atoms in total. The highest BCUT2D eigenvalue weighted by Crippen LogP contribution is 2.34. The van der Waals surface area contributed by atoms with Crippen LogP contribution in [0, 0.1) is 25.2 Å². The van der Waals surface area contributed by atoms with Crippen LogP contribution in [-0.2, 0) is 0 Å². The first kappa shape index (κ1) is 20.0.